The molecule has 2 aromatic rings. The summed E-state index contributed by atoms with van der Waals surface area (Å²) in [5.74, 6) is -0.322. The Hall–Kier alpha value is -2.46. The smallest absolute Gasteiger partial charge is 0.328 e. The van der Waals surface area contributed by atoms with Crippen LogP contribution < -0.4 is 17.0 Å². The maximum absolute atomic E-state index is 12.8. The van der Waals surface area contributed by atoms with Crippen molar-refractivity contribution in [2.24, 2.45) is 5.73 Å². The minimum Gasteiger partial charge on any atom is -0.368 e. The van der Waals surface area contributed by atoms with Gasteiger partial charge in [0.2, 0.25) is 11.8 Å². The molecule has 33 heavy (non-hydrogen) atoms. The normalized spacial score (nSPS) is 19.0. The second kappa shape index (κ2) is 9.80. The van der Waals surface area contributed by atoms with Gasteiger partial charge in [-0.25, -0.2) is 4.79 Å². The Morgan fingerprint density at radius 3 is 2.42 bits per heavy atom. The second-order valence-electron chi connectivity index (χ2n) is 9.00. The van der Waals surface area contributed by atoms with Crippen LogP contribution >= 0.6 is 15.9 Å². The summed E-state index contributed by atoms with van der Waals surface area (Å²) in [6.45, 7) is 2.89. The number of rotatable bonds is 6. The Morgan fingerprint density at radius 1 is 1.06 bits per heavy atom. The molecule has 178 valence electrons. The van der Waals surface area contributed by atoms with Crippen LogP contribution in [0.1, 0.15) is 44.9 Å². The average molecular weight is 520 g/mol. The van der Waals surface area contributed by atoms with Crippen molar-refractivity contribution in [1.82, 2.24) is 19.4 Å². The van der Waals surface area contributed by atoms with Crippen molar-refractivity contribution in [2.45, 2.75) is 57.0 Å². The standard InChI is InChI=1S/C23H30BrN5O4/c24-16-6-7-18-17(15-16)20(31)29(22(33)26-18)12-4-5-19(30)27-13-8-23(9-14-27,21(25)32)28-10-2-1-3-11-28/h6-7,15H,1-5,8-14H2,(H2,25,32)(H,26,33). The first kappa shape index (κ1) is 23.7. The lowest BCUT2D eigenvalue weighted by molar-refractivity contribution is -0.142. The van der Waals surface area contributed by atoms with Gasteiger partial charge >= 0.3 is 5.69 Å². The number of amides is 2. The molecule has 3 heterocycles. The monoisotopic (exact) mass is 519 g/mol. The van der Waals surface area contributed by atoms with Gasteiger partial charge in [0.1, 0.15) is 5.54 Å². The number of H-pyrrole nitrogens is 1. The molecule has 1 aromatic heterocycles. The lowest BCUT2D eigenvalue weighted by atomic mass is 9.83. The van der Waals surface area contributed by atoms with Crippen molar-refractivity contribution in [3.05, 3.63) is 43.5 Å². The Bertz CT molecular complexity index is 1160. The Morgan fingerprint density at radius 2 is 1.76 bits per heavy atom. The summed E-state index contributed by atoms with van der Waals surface area (Å²) in [6, 6.07) is 5.12. The first-order valence-corrected chi connectivity index (χ1v) is 12.4. The lowest BCUT2D eigenvalue weighted by Gasteiger charge is -2.48. The summed E-state index contributed by atoms with van der Waals surface area (Å²) in [5, 5.41) is 0.423. The summed E-state index contributed by atoms with van der Waals surface area (Å²) in [7, 11) is 0. The third-order valence-corrected chi connectivity index (χ3v) is 7.57. The van der Waals surface area contributed by atoms with Crippen molar-refractivity contribution in [1.29, 1.82) is 0 Å². The molecule has 0 unspecified atom stereocenters. The van der Waals surface area contributed by atoms with E-state index in [9.17, 15) is 19.2 Å². The van der Waals surface area contributed by atoms with Gasteiger partial charge in [-0.2, -0.15) is 0 Å². The highest BCUT2D eigenvalue weighted by atomic mass is 79.9. The molecule has 0 aliphatic carbocycles. The highest BCUT2D eigenvalue weighted by molar-refractivity contribution is 9.10. The predicted molar refractivity (Wildman–Crippen MR) is 129 cm³/mol. The van der Waals surface area contributed by atoms with Gasteiger partial charge in [-0.3, -0.25) is 23.9 Å². The Kier molecular flexibility index (Phi) is 7.04. The maximum Gasteiger partial charge on any atom is 0.328 e. The first-order valence-electron chi connectivity index (χ1n) is 11.6. The average Bonchev–Trinajstić information content (AvgIpc) is 2.82. The minimum atomic E-state index is -0.656. The molecule has 0 radical (unpaired) electrons. The fraction of sp³-hybridized carbons (Fsp3) is 0.565. The fourth-order valence-corrected chi connectivity index (χ4v) is 5.50. The van der Waals surface area contributed by atoms with E-state index < -0.39 is 11.2 Å². The first-order chi connectivity index (χ1) is 15.8. The number of aromatic nitrogens is 2. The summed E-state index contributed by atoms with van der Waals surface area (Å²) >= 11 is 3.35. The number of fused-ring (bicyclic) bond motifs is 1. The molecule has 2 aliphatic heterocycles. The summed E-state index contributed by atoms with van der Waals surface area (Å²) in [6.07, 6.45) is 5.03. The number of hydrogen-bond acceptors (Lipinski definition) is 5. The molecule has 1 aromatic carbocycles. The van der Waals surface area contributed by atoms with E-state index in [4.69, 9.17) is 5.73 Å². The minimum absolute atomic E-state index is 0.0280. The molecule has 4 rings (SSSR count). The molecule has 0 spiro atoms. The van der Waals surface area contributed by atoms with Crippen LogP contribution in [0.3, 0.4) is 0 Å². The molecule has 0 saturated carbocycles. The summed E-state index contributed by atoms with van der Waals surface area (Å²) in [5.41, 5.74) is 4.81. The van der Waals surface area contributed by atoms with Crippen LogP contribution in [0.15, 0.2) is 32.3 Å². The zero-order valence-corrected chi connectivity index (χ0v) is 20.2. The number of aromatic amines is 1. The Balaban J connectivity index is 1.36. The molecule has 3 N–H and O–H groups in total. The molecule has 10 heteroatoms. The predicted octanol–water partition coefficient (Wildman–Crippen LogP) is 1.56. The van der Waals surface area contributed by atoms with Crippen molar-refractivity contribution in [3.63, 3.8) is 0 Å². The third kappa shape index (κ3) is 4.77. The maximum atomic E-state index is 12.8. The number of carbonyl (C=O) groups excluding carboxylic acids is 2. The number of benzene rings is 1. The fourth-order valence-electron chi connectivity index (χ4n) is 5.14. The third-order valence-electron chi connectivity index (χ3n) is 7.08. The summed E-state index contributed by atoms with van der Waals surface area (Å²) in [4.78, 5) is 57.0. The van der Waals surface area contributed by atoms with Gasteiger partial charge in [-0.05, 0) is 63.4 Å². The zero-order chi connectivity index (χ0) is 23.6. The number of nitrogens with zero attached hydrogens (tertiary/aromatic N) is 3. The molecule has 2 saturated heterocycles. The van der Waals surface area contributed by atoms with Crippen LogP contribution in [0.25, 0.3) is 10.9 Å². The molecule has 2 amide bonds. The van der Waals surface area contributed by atoms with Crippen molar-refractivity contribution >= 4 is 38.6 Å². The summed E-state index contributed by atoms with van der Waals surface area (Å²) < 4.78 is 1.90. The van der Waals surface area contributed by atoms with Crippen LogP contribution in [0.5, 0.6) is 0 Å². The van der Waals surface area contributed by atoms with E-state index in [1.807, 2.05) is 0 Å². The largest absolute Gasteiger partial charge is 0.368 e. The quantitative estimate of drug-likeness (QED) is 0.599. The number of piperidine rings is 2. The highest BCUT2D eigenvalue weighted by Gasteiger charge is 2.45. The van der Waals surface area contributed by atoms with Gasteiger partial charge in [0.05, 0.1) is 10.9 Å². The van der Waals surface area contributed by atoms with Crippen LogP contribution in [-0.2, 0) is 16.1 Å². The zero-order valence-electron chi connectivity index (χ0n) is 18.6. The second-order valence-corrected chi connectivity index (χ2v) is 9.92. The van der Waals surface area contributed by atoms with E-state index in [1.165, 1.54) is 6.42 Å². The number of likely N-dealkylation sites (tertiary alicyclic amines) is 2. The number of nitrogens with two attached hydrogens (primary N) is 1. The van der Waals surface area contributed by atoms with E-state index in [1.54, 1.807) is 23.1 Å². The molecule has 2 aliphatic rings. The SMILES string of the molecule is NC(=O)C1(N2CCCCC2)CCN(C(=O)CCCn2c(=O)[nH]c3ccc(Br)cc3c2=O)CC1. The van der Waals surface area contributed by atoms with Crippen LogP contribution in [-0.4, -0.2) is 62.9 Å². The topological polar surface area (TPSA) is 122 Å². The Labute approximate surface area is 200 Å². The number of hydrogen-bond donors (Lipinski definition) is 2. The van der Waals surface area contributed by atoms with E-state index >= 15 is 0 Å². The molecule has 2 fully saturated rings. The van der Waals surface area contributed by atoms with Gasteiger partial charge in [-0.1, -0.05) is 22.4 Å². The molecule has 0 bridgehead atoms. The number of carbonyl (C=O) groups is 2. The molecular weight excluding hydrogens is 490 g/mol. The lowest BCUT2D eigenvalue weighted by Crippen LogP contribution is -2.63. The van der Waals surface area contributed by atoms with E-state index in [0.717, 1.165) is 35.0 Å². The molecule has 0 atom stereocenters. The van der Waals surface area contributed by atoms with Gasteiger partial charge in [0.15, 0.2) is 0 Å². The van der Waals surface area contributed by atoms with Gasteiger partial charge in [0, 0.05) is 30.5 Å². The van der Waals surface area contributed by atoms with Crippen LogP contribution in [0.4, 0.5) is 0 Å². The van der Waals surface area contributed by atoms with Crippen molar-refractivity contribution < 1.29 is 9.59 Å². The van der Waals surface area contributed by atoms with Crippen LogP contribution in [0, 0.1) is 0 Å². The highest BCUT2D eigenvalue weighted by Crippen LogP contribution is 2.31. The van der Waals surface area contributed by atoms with E-state index in [0.29, 0.717) is 43.3 Å². The number of halogens is 1. The van der Waals surface area contributed by atoms with Gasteiger partial charge < -0.3 is 15.6 Å². The molecular formula is C23H30BrN5O4. The van der Waals surface area contributed by atoms with Crippen molar-refractivity contribution in [3.8, 4) is 0 Å². The van der Waals surface area contributed by atoms with Crippen molar-refractivity contribution in [2.75, 3.05) is 26.2 Å². The van der Waals surface area contributed by atoms with Gasteiger partial charge in [-0.15, -0.1) is 0 Å². The number of nitrogens with one attached hydrogen (secondary N) is 1. The van der Waals surface area contributed by atoms with E-state index in [-0.39, 0.29) is 30.3 Å². The molecule has 9 nitrogen and oxygen atoms in total. The van der Waals surface area contributed by atoms with Crippen LogP contribution in [0.2, 0.25) is 0 Å². The van der Waals surface area contributed by atoms with E-state index in [2.05, 4.69) is 25.8 Å². The number of primary amides is 1. The van der Waals surface area contributed by atoms with Gasteiger partial charge in [0.25, 0.3) is 5.56 Å².